The zero-order valence-corrected chi connectivity index (χ0v) is 25.7. The molecule has 224 valence electrons. The molecule has 3 nitrogen and oxygen atoms in total. The van der Waals surface area contributed by atoms with Gasteiger partial charge in [-0.25, -0.2) is 0 Å². The minimum atomic E-state index is -4.53. The van der Waals surface area contributed by atoms with Crippen molar-refractivity contribution in [1.82, 2.24) is 0 Å². The molecule has 1 aliphatic rings. The van der Waals surface area contributed by atoms with Crippen LogP contribution in [0.3, 0.4) is 0 Å². The molecular weight excluding hydrogens is 545 g/mol. The van der Waals surface area contributed by atoms with Gasteiger partial charge in [0.25, 0.3) is 0 Å². The third kappa shape index (κ3) is 7.85. The fourth-order valence-corrected chi connectivity index (χ4v) is 7.14. The number of ether oxygens (including phenoxy) is 2. The highest BCUT2D eigenvalue weighted by Crippen LogP contribution is 2.44. The summed E-state index contributed by atoms with van der Waals surface area (Å²) in [7, 11) is 0. The second-order valence-corrected chi connectivity index (χ2v) is 13.0. The van der Waals surface area contributed by atoms with Crippen LogP contribution >= 0.6 is 11.3 Å². The van der Waals surface area contributed by atoms with E-state index in [4.69, 9.17) is 9.47 Å². The lowest BCUT2D eigenvalue weighted by Crippen LogP contribution is -2.42. The van der Waals surface area contributed by atoms with E-state index >= 15 is 0 Å². The topological polar surface area (TPSA) is 35.5 Å². The highest BCUT2D eigenvalue weighted by Gasteiger charge is 2.56. The third-order valence-electron chi connectivity index (χ3n) is 8.07. The molecule has 1 heterocycles. The van der Waals surface area contributed by atoms with Crippen LogP contribution in [-0.4, -0.2) is 24.4 Å². The van der Waals surface area contributed by atoms with Crippen LogP contribution in [0.2, 0.25) is 0 Å². The predicted octanol–water partition coefficient (Wildman–Crippen LogP) is 10.2. The first-order chi connectivity index (χ1) is 19.5. The normalized spacial score (nSPS) is 20.1. The van der Waals surface area contributed by atoms with Gasteiger partial charge in [-0.05, 0) is 90.8 Å². The fraction of sp³-hybridized carbons (Fsp3) is 0.559. The number of thiophene rings is 1. The van der Waals surface area contributed by atoms with Crippen LogP contribution in [-0.2, 0) is 22.4 Å². The molecule has 41 heavy (non-hydrogen) atoms. The Morgan fingerprint density at radius 1 is 1.00 bits per heavy atom. The number of esters is 1. The zero-order chi connectivity index (χ0) is 29.7. The van der Waals surface area contributed by atoms with Gasteiger partial charge in [0.2, 0.25) is 0 Å². The Labute approximate surface area is 246 Å². The number of alkyl halides is 3. The Bertz CT molecular complexity index is 1310. The minimum Gasteiger partial charge on any atom is -0.490 e. The van der Waals surface area contributed by atoms with E-state index in [2.05, 4.69) is 38.1 Å². The molecule has 1 aromatic heterocycles. The summed E-state index contributed by atoms with van der Waals surface area (Å²) in [6, 6.07) is 14.4. The summed E-state index contributed by atoms with van der Waals surface area (Å²) >= 11 is 1.63. The minimum absolute atomic E-state index is 0.134. The van der Waals surface area contributed by atoms with E-state index in [1.54, 1.807) is 24.3 Å². The Kier molecular flexibility index (Phi) is 10.4. The lowest BCUT2D eigenvalue weighted by atomic mass is 9.98. The highest BCUT2D eigenvalue weighted by atomic mass is 32.1. The number of unbranched alkanes of at least 4 members (excludes halogenated alkanes) is 2. The van der Waals surface area contributed by atoms with Crippen LogP contribution in [0.15, 0.2) is 42.5 Å². The second kappa shape index (κ2) is 13.6. The van der Waals surface area contributed by atoms with Crippen LogP contribution in [0, 0.1) is 17.8 Å². The summed E-state index contributed by atoms with van der Waals surface area (Å²) in [5, 5.41) is 1.04. The average molecular weight is 589 g/mol. The molecule has 2 aromatic carbocycles. The van der Waals surface area contributed by atoms with Crippen molar-refractivity contribution >= 4 is 27.4 Å². The predicted molar refractivity (Wildman–Crippen MR) is 162 cm³/mol. The second-order valence-electron chi connectivity index (χ2n) is 11.9. The number of hydrogen-bond acceptors (Lipinski definition) is 4. The quantitative estimate of drug-likeness (QED) is 0.156. The van der Waals surface area contributed by atoms with Gasteiger partial charge < -0.3 is 9.47 Å². The maximum atomic E-state index is 14.2. The first kappa shape index (κ1) is 31.4. The van der Waals surface area contributed by atoms with Crippen LogP contribution in [0.25, 0.3) is 20.5 Å². The standard InChI is InChI=1S/C34H43F3O3S/c1-6-8-9-10-23-11-14-27(24(7-2)18-23)31-19-25-12-13-26(20-30(25)41-31)39-28-15-16-29(32(28)34(35,36)37)40-33(38)22(5)17-21(3)4/h11-14,18-22,28-29,32H,6-10,15-17H2,1-5H3. The van der Waals surface area contributed by atoms with Crippen LogP contribution < -0.4 is 4.74 Å². The van der Waals surface area contributed by atoms with Gasteiger partial charge in [-0.1, -0.05) is 65.7 Å². The summed E-state index contributed by atoms with van der Waals surface area (Å²) in [6.45, 7) is 10.0. The van der Waals surface area contributed by atoms with Gasteiger partial charge in [0.1, 0.15) is 23.9 Å². The van der Waals surface area contributed by atoms with E-state index in [-0.39, 0.29) is 18.8 Å². The van der Waals surface area contributed by atoms with Gasteiger partial charge in [-0.15, -0.1) is 11.3 Å². The van der Waals surface area contributed by atoms with Crippen molar-refractivity contribution in [2.45, 2.75) is 104 Å². The van der Waals surface area contributed by atoms with Crippen molar-refractivity contribution in [2.75, 3.05) is 0 Å². The molecule has 1 aliphatic carbocycles. The summed E-state index contributed by atoms with van der Waals surface area (Å²) in [4.78, 5) is 13.7. The zero-order valence-electron chi connectivity index (χ0n) is 24.9. The van der Waals surface area contributed by atoms with Crippen molar-refractivity contribution in [2.24, 2.45) is 17.8 Å². The van der Waals surface area contributed by atoms with Gasteiger partial charge in [-0.2, -0.15) is 13.2 Å². The summed E-state index contributed by atoms with van der Waals surface area (Å²) in [6.07, 6.45) is -0.315. The van der Waals surface area contributed by atoms with Crippen molar-refractivity contribution in [3.8, 4) is 16.2 Å². The van der Waals surface area contributed by atoms with E-state index in [0.29, 0.717) is 12.2 Å². The van der Waals surface area contributed by atoms with Gasteiger partial charge in [-0.3, -0.25) is 4.79 Å². The van der Waals surface area contributed by atoms with Crippen molar-refractivity contribution in [3.63, 3.8) is 0 Å². The van der Waals surface area contributed by atoms with E-state index in [1.807, 2.05) is 26.0 Å². The largest absolute Gasteiger partial charge is 0.490 e. The van der Waals surface area contributed by atoms with E-state index in [1.165, 1.54) is 36.0 Å². The molecule has 0 bridgehead atoms. The number of carbonyl (C=O) groups is 1. The summed E-state index contributed by atoms with van der Waals surface area (Å²) in [5.41, 5.74) is 3.88. The molecule has 0 saturated heterocycles. The summed E-state index contributed by atoms with van der Waals surface area (Å²) < 4.78 is 54.9. The Hall–Kier alpha value is -2.54. The molecule has 0 spiro atoms. The Morgan fingerprint density at radius 3 is 2.44 bits per heavy atom. The molecule has 0 radical (unpaired) electrons. The van der Waals surface area contributed by atoms with Gasteiger partial charge in [0, 0.05) is 9.58 Å². The molecule has 3 aromatic rings. The first-order valence-corrected chi connectivity index (χ1v) is 15.9. The van der Waals surface area contributed by atoms with Crippen molar-refractivity contribution in [3.05, 3.63) is 53.6 Å². The van der Waals surface area contributed by atoms with Crippen LogP contribution in [0.5, 0.6) is 5.75 Å². The molecule has 1 fully saturated rings. The number of fused-ring (bicyclic) bond motifs is 1. The van der Waals surface area contributed by atoms with E-state index in [9.17, 15) is 18.0 Å². The van der Waals surface area contributed by atoms with Crippen molar-refractivity contribution < 1.29 is 27.4 Å². The molecular formula is C34H43F3O3S. The first-order valence-electron chi connectivity index (χ1n) is 15.1. The molecule has 0 amide bonds. The lowest BCUT2D eigenvalue weighted by molar-refractivity contribution is -0.217. The van der Waals surface area contributed by atoms with Gasteiger partial charge >= 0.3 is 12.1 Å². The number of benzene rings is 2. The fourth-order valence-electron chi connectivity index (χ4n) is 5.99. The molecule has 4 rings (SSSR count). The average Bonchev–Trinajstić information content (AvgIpc) is 3.51. The number of rotatable bonds is 12. The molecule has 1 saturated carbocycles. The Balaban J connectivity index is 1.50. The molecule has 4 unspecified atom stereocenters. The molecule has 0 N–H and O–H groups in total. The van der Waals surface area contributed by atoms with Crippen molar-refractivity contribution in [1.29, 1.82) is 0 Å². The lowest BCUT2D eigenvalue weighted by Gasteiger charge is -2.28. The maximum Gasteiger partial charge on any atom is 0.398 e. The van der Waals surface area contributed by atoms with Gasteiger partial charge in [0.15, 0.2) is 0 Å². The van der Waals surface area contributed by atoms with Gasteiger partial charge in [0.05, 0.1) is 5.92 Å². The third-order valence-corrected chi connectivity index (χ3v) is 9.20. The monoisotopic (exact) mass is 588 g/mol. The smallest absolute Gasteiger partial charge is 0.398 e. The van der Waals surface area contributed by atoms with Crippen LogP contribution in [0.1, 0.15) is 84.3 Å². The van der Waals surface area contributed by atoms with E-state index in [0.717, 1.165) is 27.8 Å². The van der Waals surface area contributed by atoms with Crippen LogP contribution in [0.4, 0.5) is 13.2 Å². The summed E-state index contributed by atoms with van der Waals surface area (Å²) in [5.74, 6) is -2.19. The SMILES string of the molecule is CCCCCc1ccc(-c2cc3ccc(OC4CCC(OC(=O)C(C)CC(C)C)C4C(F)(F)F)cc3s2)c(CC)c1. The number of hydrogen-bond donors (Lipinski definition) is 0. The Morgan fingerprint density at radius 2 is 1.76 bits per heavy atom. The number of carbonyl (C=O) groups excluding carboxylic acids is 1. The molecule has 0 aliphatic heterocycles. The molecule has 4 atom stereocenters. The molecule has 7 heteroatoms. The number of halogens is 3. The maximum absolute atomic E-state index is 14.2. The highest BCUT2D eigenvalue weighted by molar-refractivity contribution is 7.22. The number of aryl methyl sites for hydroxylation is 2. The van der Waals surface area contributed by atoms with E-state index < -0.39 is 36.2 Å².